The van der Waals surface area contributed by atoms with E-state index in [-0.39, 0.29) is 0 Å². The molecule has 0 aliphatic rings. The predicted octanol–water partition coefficient (Wildman–Crippen LogP) is 3.72. The largest absolute Gasteiger partial charge is 0.327 e. The number of hydrogen-bond acceptors (Lipinski definition) is 4. The summed E-state index contributed by atoms with van der Waals surface area (Å²) in [6.07, 6.45) is 2.34. The summed E-state index contributed by atoms with van der Waals surface area (Å²) in [5, 5.41) is 3.53. The highest BCUT2D eigenvalue weighted by atomic mass is 32.9. The molecule has 0 aromatic carbocycles. The molecule has 14 heavy (non-hydrogen) atoms. The van der Waals surface area contributed by atoms with Crippen molar-refractivity contribution in [2.24, 2.45) is 0 Å². The van der Waals surface area contributed by atoms with Gasteiger partial charge in [-0.05, 0) is 25.2 Å². The molecule has 0 rings (SSSR count). The summed E-state index contributed by atoms with van der Waals surface area (Å²) in [5.74, 6) is 0. The first kappa shape index (κ1) is 14.8. The van der Waals surface area contributed by atoms with Gasteiger partial charge in [-0.3, -0.25) is 0 Å². The van der Waals surface area contributed by atoms with Crippen molar-refractivity contribution in [2.45, 2.75) is 38.9 Å². The molecule has 0 aromatic heterocycles. The zero-order valence-electron chi connectivity index (χ0n) is 8.86. The molecule has 2 atom stereocenters. The lowest BCUT2D eigenvalue weighted by Crippen LogP contribution is -2.09. The Morgan fingerprint density at radius 3 is 2.64 bits per heavy atom. The van der Waals surface area contributed by atoms with Crippen LogP contribution in [0.4, 0.5) is 0 Å². The van der Waals surface area contributed by atoms with Crippen LogP contribution in [-0.2, 0) is 16.3 Å². The summed E-state index contributed by atoms with van der Waals surface area (Å²) in [6.45, 7) is 6.95. The quantitative estimate of drug-likeness (QED) is 0.535. The molecule has 0 saturated heterocycles. The molecular weight excluding hydrogens is 253 g/mol. The number of thiocarbonyl (C=S) groups is 1. The molecule has 0 radical (unpaired) electrons. The van der Waals surface area contributed by atoms with Crippen LogP contribution in [0.3, 0.4) is 0 Å². The Balaban J connectivity index is 4.20. The maximum Gasteiger partial charge on any atom is 0.210 e. The van der Waals surface area contributed by atoms with Gasteiger partial charge in [0.15, 0.2) is 0 Å². The van der Waals surface area contributed by atoms with Crippen LogP contribution in [0.2, 0.25) is 0 Å². The highest BCUT2D eigenvalue weighted by Crippen LogP contribution is 2.58. The lowest BCUT2D eigenvalue weighted by Gasteiger charge is -2.23. The van der Waals surface area contributed by atoms with E-state index in [1.165, 1.54) is 11.9 Å². The van der Waals surface area contributed by atoms with E-state index in [1.807, 2.05) is 6.92 Å². The van der Waals surface area contributed by atoms with Crippen LogP contribution in [0.1, 0.15) is 33.6 Å². The number of rotatable bonds is 8. The second-order valence-corrected chi connectivity index (χ2v) is 10.0. The zero-order valence-corrected chi connectivity index (χ0v) is 12.2. The van der Waals surface area contributed by atoms with E-state index in [1.54, 1.807) is 11.4 Å². The molecule has 0 amide bonds. The maximum atomic E-state index is 5.57. The predicted molar refractivity (Wildman–Crippen MR) is 74.7 cm³/mol. The number of nitrogens with one attached hydrogen (secondary N) is 1. The fourth-order valence-electron chi connectivity index (χ4n) is 1.03. The Labute approximate surface area is 101 Å². The second-order valence-electron chi connectivity index (χ2n) is 2.87. The Kier molecular flexibility index (Phi) is 8.54. The molecular formula is C8H18NOPS3. The van der Waals surface area contributed by atoms with Crippen LogP contribution in [0, 0.1) is 0 Å². The van der Waals surface area contributed by atoms with Gasteiger partial charge in [-0.25, -0.2) is 0 Å². The van der Waals surface area contributed by atoms with Gasteiger partial charge in [-0.15, -0.1) is 0 Å². The molecule has 0 fully saturated rings. The topological polar surface area (TPSA) is 21.3 Å². The minimum absolute atomic E-state index is 0.528. The van der Waals surface area contributed by atoms with Gasteiger partial charge < -0.3 is 9.61 Å². The van der Waals surface area contributed by atoms with Gasteiger partial charge in [0.2, 0.25) is 5.62 Å². The van der Waals surface area contributed by atoms with Crippen molar-refractivity contribution in [3.63, 3.8) is 0 Å². The van der Waals surface area contributed by atoms with Crippen LogP contribution in [-0.4, -0.2) is 17.3 Å². The third-order valence-electron chi connectivity index (χ3n) is 1.52. The first-order valence-electron chi connectivity index (χ1n) is 4.72. The Morgan fingerprint density at radius 1 is 1.57 bits per heavy atom. The monoisotopic (exact) mass is 271 g/mol. The van der Waals surface area contributed by atoms with Gasteiger partial charge >= 0.3 is 0 Å². The van der Waals surface area contributed by atoms with E-state index in [4.69, 9.17) is 28.5 Å². The summed E-state index contributed by atoms with van der Waals surface area (Å²) in [5.41, 5.74) is -0.491. The Bertz CT molecular complexity index is 213. The van der Waals surface area contributed by atoms with Gasteiger partial charge in [0, 0.05) is 5.25 Å². The first-order chi connectivity index (χ1) is 6.58. The lowest BCUT2D eigenvalue weighted by atomic mass is 10.3. The highest BCUT2D eigenvalue weighted by molar-refractivity contribution is 8.69. The van der Waals surface area contributed by atoms with Gasteiger partial charge in [0.05, 0.1) is 12.1 Å². The smallest absolute Gasteiger partial charge is 0.210 e. The van der Waals surface area contributed by atoms with Gasteiger partial charge in [0.1, 0.15) is 0 Å². The Morgan fingerprint density at radius 2 is 2.21 bits per heavy atom. The molecule has 1 N–H and O–H groups in total. The van der Waals surface area contributed by atoms with Crippen molar-refractivity contribution < 1.29 is 4.52 Å². The molecule has 0 spiro atoms. The summed E-state index contributed by atoms with van der Waals surface area (Å²) in [6, 6.07) is 0. The van der Waals surface area contributed by atoms with Crippen molar-refractivity contribution >= 4 is 46.5 Å². The van der Waals surface area contributed by atoms with E-state index in [9.17, 15) is 0 Å². The third kappa shape index (κ3) is 6.36. The summed E-state index contributed by atoms with van der Waals surface area (Å²) >= 11 is 11.9. The lowest BCUT2D eigenvalue weighted by molar-refractivity contribution is 0.383. The van der Waals surface area contributed by atoms with E-state index >= 15 is 0 Å². The van der Waals surface area contributed by atoms with E-state index < -0.39 is 5.62 Å². The minimum atomic E-state index is -1.96. The van der Waals surface area contributed by atoms with Crippen molar-refractivity contribution in [3.8, 4) is 0 Å². The molecule has 0 aliphatic carbocycles. The van der Waals surface area contributed by atoms with Crippen molar-refractivity contribution in [1.29, 1.82) is 0 Å². The molecule has 6 heteroatoms. The minimum Gasteiger partial charge on any atom is -0.327 e. The third-order valence-corrected chi connectivity index (χ3v) is 7.68. The van der Waals surface area contributed by atoms with Gasteiger partial charge in [0.25, 0.3) is 0 Å². The molecule has 0 heterocycles. The fraction of sp³-hybridized carbons (Fsp3) is 0.875. The maximum absolute atomic E-state index is 5.57. The van der Waals surface area contributed by atoms with E-state index in [2.05, 4.69) is 18.9 Å². The molecule has 2 nitrogen and oxygen atoms in total. The highest BCUT2D eigenvalue weighted by Gasteiger charge is 2.19. The fourth-order valence-corrected chi connectivity index (χ4v) is 7.73. The normalized spacial score (nSPS) is 17.1. The zero-order chi connectivity index (χ0) is 11.0. The standard InChI is InChI=1S/C8H18NOPS3/c1-4-6-8(3)14-11(13,9-7-12)10-5-2/h7-8H,4-6H2,1-3H3,(H,9,12,13). The summed E-state index contributed by atoms with van der Waals surface area (Å²) < 4.78 is 5.57. The van der Waals surface area contributed by atoms with Crippen LogP contribution < -0.4 is 5.09 Å². The molecule has 0 saturated carbocycles. The van der Waals surface area contributed by atoms with Gasteiger partial charge in [-0.1, -0.05) is 43.9 Å². The first-order valence-corrected chi connectivity index (χ1v) is 9.40. The molecule has 84 valence electrons. The number of hydrogen-bond donors (Lipinski definition) is 1. The van der Waals surface area contributed by atoms with Crippen molar-refractivity contribution in [2.75, 3.05) is 6.61 Å². The van der Waals surface area contributed by atoms with Crippen LogP contribution >= 0.6 is 29.2 Å². The molecule has 0 bridgehead atoms. The van der Waals surface area contributed by atoms with Crippen LogP contribution in [0.15, 0.2) is 0 Å². The molecule has 0 aromatic rings. The summed E-state index contributed by atoms with van der Waals surface area (Å²) in [7, 11) is 0. The molecule has 0 aliphatic heterocycles. The van der Waals surface area contributed by atoms with E-state index in [0.717, 1.165) is 6.42 Å². The average Bonchev–Trinajstić information content (AvgIpc) is 2.04. The van der Waals surface area contributed by atoms with Gasteiger partial charge in [-0.2, -0.15) is 0 Å². The Hall–Kier alpha value is 0.850. The van der Waals surface area contributed by atoms with E-state index in [0.29, 0.717) is 11.9 Å². The average molecular weight is 271 g/mol. The van der Waals surface area contributed by atoms with Crippen molar-refractivity contribution in [3.05, 3.63) is 0 Å². The second kappa shape index (κ2) is 8.05. The summed E-state index contributed by atoms with van der Waals surface area (Å²) in [4.78, 5) is 0. The van der Waals surface area contributed by atoms with Crippen LogP contribution in [0.5, 0.6) is 0 Å². The SMILES string of the molecule is CCCC(C)SP(=S)(NC=S)OCC. The molecule has 2 unspecified atom stereocenters. The van der Waals surface area contributed by atoms with Crippen molar-refractivity contribution in [1.82, 2.24) is 5.09 Å². The van der Waals surface area contributed by atoms with Crippen LogP contribution in [0.25, 0.3) is 0 Å².